The number of nitrogens with zero attached hydrogens (tertiary/aromatic N) is 1. The Bertz CT molecular complexity index is 697. The fourth-order valence-electron chi connectivity index (χ4n) is 1.82. The third-order valence-corrected chi connectivity index (χ3v) is 4.24. The van der Waals surface area contributed by atoms with Crippen LogP contribution < -0.4 is 10.0 Å². The van der Waals surface area contributed by atoms with Crippen molar-refractivity contribution in [2.24, 2.45) is 0 Å². The second kappa shape index (κ2) is 6.58. The first-order chi connectivity index (χ1) is 10.0. The summed E-state index contributed by atoms with van der Waals surface area (Å²) in [5.41, 5.74) is 1.67. The molecule has 0 saturated carbocycles. The van der Waals surface area contributed by atoms with E-state index in [1.54, 1.807) is 36.4 Å². The lowest BCUT2D eigenvalue weighted by molar-refractivity contribution is 0.601. The van der Waals surface area contributed by atoms with Crippen molar-refractivity contribution in [3.63, 3.8) is 0 Å². The van der Waals surface area contributed by atoms with E-state index in [2.05, 4.69) is 21.9 Å². The van der Waals surface area contributed by atoms with Crippen molar-refractivity contribution >= 4 is 21.5 Å². The molecule has 1 aromatic heterocycles. The molecule has 0 aliphatic carbocycles. The van der Waals surface area contributed by atoms with Crippen molar-refractivity contribution in [1.29, 1.82) is 0 Å². The Labute approximate surface area is 125 Å². The molecule has 1 heterocycles. The molecule has 2 aromatic rings. The Kier molecular flexibility index (Phi) is 4.80. The molecule has 0 saturated heterocycles. The predicted octanol–water partition coefficient (Wildman–Crippen LogP) is 3.01. The van der Waals surface area contributed by atoms with Gasteiger partial charge in [0.05, 0.1) is 4.90 Å². The van der Waals surface area contributed by atoms with Gasteiger partial charge in [-0.25, -0.2) is 13.4 Å². The molecule has 112 valence electrons. The lowest BCUT2D eigenvalue weighted by atomic mass is 10.3. The van der Waals surface area contributed by atoms with E-state index in [-0.39, 0.29) is 4.90 Å². The zero-order valence-corrected chi connectivity index (χ0v) is 12.9. The molecular weight excluding hydrogens is 286 g/mol. The molecule has 0 aliphatic heterocycles. The molecule has 0 spiro atoms. The Morgan fingerprint density at radius 3 is 2.43 bits per heavy atom. The van der Waals surface area contributed by atoms with Crippen molar-refractivity contribution in [2.75, 3.05) is 16.6 Å². The predicted molar refractivity (Wildman–Crippen MR) is 85.0 cm³/mol. The van der Waals surface area contributed by atoms with Gasteiger partial charge in [0.15, 0.2) is 0 Å². The molecule has 5 nitrogen and oxygen atoms in total. The Balaban J connectivity index is 2.15. The highest BCUT2D eigenvalue weighted by Crippen LogP contribution is 2.17. The number of hydrogen-bond acceptors (Lipinski definition) is 4. The maximum atomic E-state index is 12.3. The maximum absolute atomic E-state index is 12.3. The fraction of sp³-hybridized carbons (Fsp3) is 0.267. The summed E-state index contributed by atoms with van der Waals surface area (Å²) in [6.45, 7) is 4.74. The highest BCUT2D eigenvalue weighted by molar-refractivity contribution is 7.92. The SMILES string of the molecule is CCCNc1ccc(S(=O)(=O)Nc2cccc(C)n2)cc1. The van der Waals surface area contributed by atoms with E-state index in [9.17, 15) is 8.42 Å². The summed E-state index contributed by atoms with van der Waals surface area (Å²) < 4.78 is 27.0. The van der Waals surface area contributed by atoms with Gasteiger partial charge in [-0.1, -0.05) is 13.0 Å². The van der Waals surface area contributed by atoms with E-state index < -0.39 is 10.0 Å². The topological polar surface area (TPSA) is 71.1 Å². The molecule has 1 aromatic carbocycles. The van der Waals surface area contributed by atoms with Gasteiger partial charge >= 0.3 is 0 Å². The highest BCUT2D eigenvalue weighted by Gasteiger charge is 2.14. The molecule has 6 heteroatoms. The van der Waals surface area contributed by atoms with Crippen LogP contribution in [0.3, 0.4) is 0 Å². The average molecular weight is 305 g/mol. The van der Waals surface area contributed by atoms with E-state index in [0.717, 1.165) is 24.3 Å². The molecule has 0 fully saturated rings. The van der Waals surface area contributed by atoms with Gasteiger partial charge in [0.2, 0.25) is 0 Å². The molecule has 2 rings (SSSR count). The molecule has 21 heavy (non-hydrogen) atoms. The summed E-state index contributed by atoms with van der Waals surface area (Å²) >= 11 is 0. The number of sulfonamides is 1. The molecule has 0 atom stereocenters. The summed E-state index contributed by atoms with van der Waals surface area (Å²) in [6, 6.07) is 11.9. The van der Waals surface area contributed by atoms with Crippen LogP contribution in [0.1, 0.15) is 19.0 Å². The van der Waals surface area contributed by atoms with Crippen molar-refractivity contribution in [1.82, 2.24) is 4.98 Å². The Morgan fingerprint density at radius 2 is 1.81 bits per heavy atom. The maximum Gasteiger partial charge on any atom is 0.263 e. The minimum absolute atomic E-state index is 0.216. The van der Waals surface area contributed by atoms with Crippen molar-refractivity contribution in [3.05, 3.63) is 48.2 Å². The van der Waals surface area contributed by atoms with Crippen LogP contribution in [0.4, 0.5) is 11.5 Å². The smallest absolute Gasteiger partial charge is 0.263 e. The van der Waals surface area contributed by atoms with E-state index in [4.69, 9.17) is 0 Å². The minimum atomic E-state index is -3.61. The Morgan fingerprint density at radius 1 is 1.10 bits per heavy atom. The summed E-state index contributed by atoms with van der Waals surface area (Å²) in [6.07, 6.45) is 1.01. The number of hydrogen-bond donors (Lipinski definition) is 2. The molecule has 0 unspecified atom stereocenters. The monoisotopic (exact) mass is 305 g/mol. The number of nitrogens with one attached hydrogen (secondary N) is 2. The lowest BCUT2D eigenvalue weighted by Crippen LogP contribution is -2.14. The normalized spacial score (nSPS) is 11.1. The van der Waals surface area contributed by atoms with Crippen molar-refractivity contribution in [3.8, 4) is 0 Å². The van der Waals surface area contributed by atoms with Crippen LogP contribution in [0.25, 0.3) is 0 Å². The van der Waals surface area contributed by atoms with E-state index >= 15 is 0 Å². The van der Waals surface area contributed by atoms with Gasteiger partial charge in [0.25, 0.3) is 10.0 Å². The first kappa shape index (κ1) is 15.3. The lowest BCUT2D eigenvalue weighted by Gasteiger charge is -2.09. The van der Waals surface area contributed by atoms with Crippen LogP contribution in [0, 0.1) is 6.92 Å². The molecule has 0 bridgehead atoms. The van der Waals surface area contributed by atoms with Gasteiger partial charge in [-0.05, 0) is 49.7 Å². The van der Waals surface area contributed by atoms with Crippen LogP contribution >= 0.6 is 0 Å². The average Bonchev–Trinajstić information content (AvgIpc) is 2.45. The number of aryl methyl sites for hydroxylation is 1. The van der Waals surface area contributed by atoms with Crippen LogP contribution in [0.5, 0.6) is 0 Å². The molecular formula is C15H19N3O2S. The van der Waals surface area contributed by atoms with Crippen molar-refractivity contribution < 1.29 is 8.42 Å². The fourth-order valence-corrected chi connectivity index (χ4v) is 2.82. The minimum Gasteiger partial charge on any atom is -0.385 e. The van der Waals surface area contributed by atoms with E-state index in [0.29, 0.717) is 5.82 Å². The second-order valence-electron chi connectivity index (χ2n) is 4.72. The molecule has 2 N–H and O–H groups in total. The highest BCUT2D eigenvalue weighted by atomic mass is 32.2. The first-order valence-electron chi connectivity index (χ1n) is 6.81. The van der Waals surface area contributed by atoms with Gasteiger partial charge in [0, 0.05) is 17.9 Å². The Hall–Kier alpha value is -2.08. The summed E-state index contributed by atoms with van der Waals surface area (Å²) in [7, 11) is -3.61. The number of aromatic nitrogens is 1. The van der Waals surface area contributed by atoms with Crippen LogP contribution in [-0.4, -0.2) is 19.9 Å². The standard InChI is InChI=1S/C15H19N3O2S/c1-3-11-16-13-7-9-14(10-8-13)21(19,20)18-15-6-4-5-12(2)17-15/h4-10,16H,3,11H2,1-2H3,(H,17,18). The third kappa shape index (κ3) is 4.19. The summed E-state index contributed by atoms with van der Waals surface area (Å²) in [5, 5.41) is 3.20. The zero-order valence-electron chi connectivity index (χ0n) is 12.1. The zero-order chi connectivity index (χ0) is 15.3. The van der Waals surface area contributed by atoms with Crippen molar-refractivity contribution in [2.45, 2.75) is 25.2 Å². The molecule has 0 radical (unpaired) electrons. The van der Waals surface area contributed by atoms with Gasteiger partial charge in [-0.15, -0.1) is 0 Å². The number of anilines is 2. The van der Waals surface area contributed by atoms with Gasteiger partial charge in [-0.3, -0.25) is 4.72 Å². The number of pyridine rings is 1. The van der Waals surface area contributed by atoms with E-state index in [1.807, 2.05) is 13.0 Å². The van der Waals surface area contributed by atoms with E-state index in [1.165, 1.54) is 0 Å². The third-order valence-electron chi connectivity index (χ3n) is 2.87. The summed E-state index contributed by atoms with van der Waals surface area (Å²) in [5.74, 6) is 0.322. The largest absolute Gasteiger partial charge is 0.385 e. The first-order valence-corrected chi connectivity index (χ1v) is 8.30. The number of rotatable bonds is 6. The van der Waals surface area contributed by atoms with Crippen LogP contribution in [0.15, 0.2) is 47.4 Å². The van der Waals surface area contributed by atoms with Gasteiger partial charge in [-0.2, -0.15) is 0 Å². The van der Waals surface area contributed by atoms with Crippen LogP contribution in [-0.2, 0) is 10.0 Å². The van der Waals surface area contributed by atoms with Gasteiger partial charge in [0.1, 0.15) is 5.82 Å². The summed E-state index contributed by atoms with van der Waals surface area (Å²) in [4.78, 5) is 4.35. The molecule has 0 aliphatic rings. The van der Waals surface area contributed by atoms with Crippen LogP contribution in [0.2, 0.25) is 0 Å². The second-order valence-corrected chi connectivity index (χ2v) is 6.40. The molecule has 0 amide bonds. The van der Waals surface area contributed by atoms with Gasteiger partial charge < -0.3 is 5.32 Å². The quantitative estimate of drug-likeness (QED) is 0.860. The number of benzene rings is 1.